The number of rotatable bonds is 5. The Morgan fingerprint density at radius 1 is 1.35 bits per heavy atom. The zero-order valence-electron chi connectivity index (χ0n) is 11.9. The molecule has 3 rings (SSSR count). The van der Waals surface area contributed by atoms with Crippen molar-refractivity contribution in [2.75, 3.05) is 19.7 Å². The molecular weight excluding hydrogens is 250 g/mol. The van der Waals surface area contributed by atoms with Crippen molar-refractivity contribution in [1.82, 2.24) is 15.1 Å². The fourth-order valence-corrected chi connectivity index (χ4v) is 2.69. The van der Waals surface area contributed by atoms with E-state index in [1.807, 2.05) is 17.9 Å². The van der Waals surface area contributed by atoms with E-state index in [4.69, 9.17) is 4.74 Å². The largest absolute Gasteiger partial charge is 0.372 e. The third-order valence-electron chi connectivity index (χ3n) is 3.75. The highest BCUT2D eigenvalue weighted by atomic mass is 16.5. The van der Waals surface area contributed by atoms with Crippen LogP contribution in [-0.2, 0) is 24.6 Å². The van der Waals surface area contributed by atoms with E-state index in [9.17, 15) is 0 Å². The number of hydrogen-bond acceptors (Lipinski definition) is 3. The Morgan fingerprint density at radius 3 is 3.10 bits per heavy atom. The molecular formula is C16H21N3O. The van der Waals surface area contributed by atoms with E-state index in [2.05, 4.69) is 40.7 Å². The molecule has 1 unspecified atom stereocenters. The van der Waals surface area contributed by atoms with E-state index in [0.717, 1.165) is 38.2 Å². The Labute approximate surface area is 119 Å². The summed E-state index contributed by atoms with van der Waals surface area (Å²) in [6.45, 7) is 2.62. The highest BCUT2D eigenvalue weighted by molar-refractivity contribution is 5.31. The molecule has 1 aliphatic rings. The predicted octanol–water partition coefficient (Wildman–Crippen LogP) is 1.87. The van der Waals surface area contributed by atoms with Crippen molar-refractivity contribution >= 4 is 0 Å². The Kier molecular flexibility index (Phi) is 4.14. The van der Waals surface area contributed by atoms with Crippen LogP contribution in [0.15, 0.2) is 36.5 Å². The van der Waals surface area contributed by atoms with Crippen molar-refractivity contribution < 1.29 is 4.74 Å². The van der Waals surface area contributed by atoms with Crippen LogP contribution in [0.1, 0.15) is 22.9 Å². The Bertz CT molecular complexity index is 564. The molecule has 0 bridgehead atoms. The molecule has 20 heavy (non-hydrogen) atoms. The van der Waals surface area contributed by atoms with Gasteiger partial charge in [-0.05, 0) is 23.6 Å². The molecule has 2 heterocycles. The first-order chi connectivity index (χ1) is 9.83. The maximum Gasteiger partial charge on any atom is 0.0952 e. The second-order valence-corrected chi connectivity index (χ2v) is 5.24. The lowest BCUT2D eigenvalue weighted by Crippen LogP contribution is -2.28. The molecule has 0 spiro atoms. The molecule has 0 radical (unpaired) electrons. The molecule has 0 aliphatic carbocycles. The standard InChI is InChI=1S/C16H21N3O/c1-19-10-7-14(18-19)6-9-17-12-16-15-5-3-2-4-13(15)8-11-20-16/h2-5,7,10,16-17H,6,8-9,11-12H2,1H3. The fourth-order valence-electron chi connectivity index (χ4n) is 2.69. The number of benzene rings is 1. The molecule has 0 saturated carbocycles. The Balaban J connectivity index is 1.50. The quantitative estimate of drug-likeness (QED) is 0.844. The summed E-state index contributed by atoms with van der Waals surface area (Å²) in [4.78, 5) is 0. The number of ether oxygens (including phenoxy) is 1. The van der Waals surface area contributed by atoms with E-state index >= 15 is 0 Å². The molecule has 1 aliphatic heterocycles. The van der Waals surface area contributed by atoms with Gasteiger partial charge in [0, 0.05) is 32.8 Å². The molecule has 1 aromatic carbocycles. The monoisotopic (exact) mass is 271 g/mol. The zero-order chi connectivity index (χ0) is 13.8. The maximum absolute atomic E-state index is 5.88. The van der Waals surface area contributed by atoms with Gasteiger partial charge in [0.25, 0.3) is 0 Å². The van der Waals surface area contributed by atoms with Crippen LogP contribution < -0.4 is 5.32 Å². The summed E-state index contributed by atoms with van der Waals surface area (Å²) in [7, 11) is 1.95. The minimum atomic E-state index is 0.184. The maximum atomic E-state index is 5.88. The average Bonchev–Trinajstić information content (AvgIpc) is 2.89. The summed E-state index contributed by atoms with van der Waals surface area (Å²) in [5, 5.41) is 7.86. The van der Waals surface area contributed by atoms with Crippen molar-refractivity contribution in [3.63, 3.8) is 0 Å². The number of nitrogens with zero attached hydrogens (tertiary/aromatic N) is 2. The van der Waals surface area contributed by atoms with Gasteiger partial charge in [0.1, 0.15) is 0 Å². The van der Waals surface area contributed by atoms with E-state index in [-0.39, 0.29) is 6.10 Å². The van der Waals surface area contributed by atoms with Gasteiger partial charge in [-0.15, -0.1) is 0 Å². The molecule has 0 fully saturated rings. The highest BCUT2D eigenvalue weighted by Crippen LogP contribution is 2.26. The number of aromatic nitrogens is 2. The Hall–Kier alpha value is -1.65. The van der Waals surface area contributed by atoms with Gasteiger partial charge in [-0.3, -0.25) is 4.68 Å². The summed E-state index contributed by atoms with van der Waals surface area (Å²) >= 11 is 0. The normalized spacial score (nSPS) is 17.9. The lowest BCUT2D eigenvalue weighted by atomic mass is 9.97. The van der Waals surface area contributed by atoms with Crippen LogP contribution in [0.5, 0.6) is 0 Å². The highest BCUT2D eigenvalue weighted by Gasteiger charge is 2.19. The van der Waals surface area contributed by atoms with Crippen molar-refractivity contribution in [2.45, 2.75) is 18.9 Å². The molecule has 4 heteroatoms. The number of hydrogen-bond donors (Lipinski definition) is 1. The van der Waals surface area contributed by atoms with Crippen molar-refractivity contribution in [1.29, 1.82) is 0 Å². The molecule has 1 atom stereocenters. The summed E-state index contributed by atoms with van der Waals surface area (Å²) < 4.78 is 7.72. The molecule has 1 aromatic heterocycles. The SMILES string of the molecule is Cn1ccc(CCNCC2OCCc3ccccc32)n1. The second kappa shape index (κ2) is 6.20. The first-order valence-electron chi connectivity index (χ1n) is 7.21. The predicted molar refractivity (Wildman–Crippen MR) is 78.6 cm³/mol. The third kappa shape index (κ3) is 3.08. The minimum Gasteiger partial charge on any atom is -0.372 e. The lowest BCUT2D eigenvalue weighted by molar-refractivity contribution is 0.0427. The summed E-state index contributed by atoms with van der Waals surface area (Å²) in [6, 6.07) is 10.6. The third-order valence-corrected chi connectivity index (χ3v) is 3.75. The first-order valence-corrected chi connectivity index (χ1v) is 7.21. The lowest BCUT2D eigenvalue weighted by Gasteiger charge is -2.26. The molecule has 4 nitrogen and oxygen atoms in total. The number of aryl methyl sites for hydroxylation is 1. The van der Waals surface area contributed by atoms with Crippen molar-refractivity contribution in [3.05, 3.63) is 53.3 Å². The van der Waals surface area contributed by atoms with Gasteiger partial charge in [-0.1, -0.05) is 24.3 Å². The van der Waals surface area contributed by atoms with Crippen LogP contribution in [0.3, 0.4) is 0 Å². The number of fused-ring (bicyclic) bond motifs is 1. The Morgan fingerprint density at radius 2 is 2.25 bits per heavy atom. The molecule has 0 amide bonds. The van der Waals surface area contributed by atoms with E-state index in [1.165, 1.54) is 11.1 Å². The van der Waals surface area contributed by atoms with Gasteiger partial charge in [-0.25, -0.2) is 0 Å². The van der Waals surface area contributed by atoms with Gasteiger partial charge >= 0.3 is 0 Å². The molecule has 0 saturated heterocycles. The van der Waals surface area contributed by atoms with Gasteiger partial charge in [-0.2, -0.15) is 5.10 Å². The summed E-state index contributed by atoms with van der Waals surface area (Å²) in [6.07, 6.45) is 4.15. The van der Waals surface area contributed by atoms with Gasteiger partial charge in [0.05, 0.1) is 18.4 Å². The molecule has 2 aromatic rings. The van der Waals surface area contributed by atoms with Crippen molar-refractivity contribution in [3.8, 4) is 0 Å². The second-order valence-electron chi connectivity index (χ2n) is 5.24. The topological polar surface area (TPSA) is 39.1 Å². The van der Waals surface area contributed by atoms with Crippen LogP contribution in [0.2, 0.25) is 0 Å². The van der Waals surface area contributed by atoms with Crippen LogP contribution in [-0.4, -0.2) is 29.5 Å². The van der Waals surface area contributed by atoms with Crippen LogP contribution in [0, 0.1) is 0 Å². The summed E-state index contributed by atoms with van der Waals surface area (Å²) in [5.41, 5.74) is 3.89. The van der Waals surface area contributed by atoms with Gasteiger partial charge in [0.2, 0.25) is 0 Å². The zero-order valence-corrected chi connectivity index (χ0v) is 11.9. The van der Waals surface area contributed by atoms with E-state index in [1.54, 1.807) is 0 Å². The van der Waals surface area contributed by atoms with Crippen LogP contribution in [0.4, 0.5) is 0 Å². The van der Waals surface area contributed by atoms with Crippen LogP contribution >= 0.6 is 0 Å². The fraction of sp³-hybridized carbons (Fsp3) is 0.438. The van der Waals surface area contributed by atoms with Crippen molar-refractivity contribution in [2.24, 2.45) is 7.05 Å². The molecule has 1 N–H and O–H groups in total. The van der Waals surface area contributed by atoms with Gasteiger partial charge < -0.3 is 10.1 Å². The van der Waals surface area contributed by atoms with Gasteiger partial charge in [0.15, 0.2) is 0 Å². The molecule has 106 valence electrons. The smallest absolute Gasteiger partial charge is 0.0952 e. The minimum absolute atomic E-state index is 0.184. The average molecular weight is 271 g/mol. The first kappa shape index (κ1) is 13.3. The van der Waals surface area contributed by atoms with E-state index < -0.39 is 0 Å². The number of nitrogens with one attached hydrogen (secondary N) is 1. The summed E-state index contributed by atoms with van der Waals surface area (Å²) in [5.74, 6) is 0. The van der Waals surface area contributed by atoms with Crippen LogP contribution in [0.25, 0.3) is 0 Å². The van der Waals surface area contributed by atoms with E-state index in [0.29, 0.717) is 0 Å².